The lowest BCUT2D eigenvalue weighted by Gasteiger charge is -2.59. The summed E-state index contributed by atoms with van der Waals surface area (Å²) in [6, 6.07) is 7.63. The largest absolute Gasteiger partial charge is 0.381 e. The van der Waals surface area contributed by atoms with Crippen molar-refractivity contribution in [2.24, 2.45) is 18.4 Å². The number of fused-ring (bicyclic) bond motifs is 2. The second-order valence-electron chi connectivity index (χ2n) is 9.97. The summed E-state index contributed by atoms with van der Waals surface area (Å²) in [6.45, 7) is 3.76. The lowest BCUT2D eigenvalue weighted by Crippen LogP contribution is -2.63. The highest BCUT2D eigenvalue weighted by molar-refractivity contribution is 6.35. The van der Waals surface area contributed by atoms with Gasteiger partial charge in [-0.1, -0.05) is 17.7 Å². The Bertz CT molecular complexity index is 1450. The van der Waals surface area contributed by atoms with E-state index in [9.17, 15) is 9.18 Å². The Morgan fingerprint density at radius 2 is 2.09 bits per heavy atom. The minimum absolute atomic E-state index is 0.0427. The molecule has 1 saturated carbocycles. The fourth-order valence-corrected chi connectivity index (χ4v) is 6.16. The molecule has 1 N–H and O–H groups in total. The van der Waals surface area contributed by atoms with Gasteiger partial charge in [-0.05, 0) is 53.7 Å². The molecule has 9 heteroatoms. The molecule has 34 heavy (non-hydrogen) atoms. The summed E-state index contributed by atoms with van der Waals surface area (Å²) in [5, 5.41) is 13.1. The highest BCUT2D eigenvalue weighted by Crippen LogP contribution is 2.53. The van der Waals surface area contributed by atoms with E-state index in [1.807, 2.05) is 18.3 Å². The maximum atomic E-state index is 14.2. The summed E-state index contributed by atoms with van der Waals surface area (Å²) in [6.07, 6.45) is 8.11. The van der Waals surface area contributed by atoms with Gasteiger partial charge in [0, 0.05) is 51.7 Å². The molecule has 6 rings (SSSR count). The lowest BCUT2D eigenvalue weighted by molar-refractivity contribution is -0.0915. The predicted octanol–water partition coefficient (Wildman–Crippen LogP) is 3.74. The van der Waals surface area contributed by atoms with E-state index >= 15 is 0 Å². The standard InChI is InChI=1S/C25H26ClFN6O/c1-31-6-4-18-17(2-3-19(26)23(18)24(31)34)8-16-10-25(11-16)13-32(14-25)7-5-28-21-9-22-30-29-15-33(22)12-20(21)27/h2-4,6,9,12,15-16,28H,5,7-8,10-11,13-14H2,1H3. The van der Waals surface area contributed by atoms with Crippen LogP contribution >= 0.6 is 11.6 Å². The topological polar surface area (TPSA) is 67.5 Å². The minimum atomic E-state index is -0.304. The Balaban J connectivity index is 1.01. The Morgan fingerprint density at radius 3 is 2.91 bits per heavy atom. The van der Waals surface area contributed by atoms with Crippen molar-refractivity contribution in [3.05, 3.63) is 69.7 Å². The van der Waals surface area contributed by atoms with Gasteiger partial charge in [0.2, 0.25) is 0 Å². The van der Waals surface area contributed by atoms with E-state index in [1.54, 1.807) is 22.1 Å². The molecule has 0 radical (unpaired) electrons. The van der Waals surface area contributed by atoms with E-state index in [4.69, 9.17) is 11.6 Å². The number of likely N-dealkylation sites (tertiary alicyclic amines) is 1. The first-order valence-corrected chi connectivity index (χ1v) is 12.0. The van der Waals surface area contributed by atoms with E-state index in [-0.39, 0.29) is 11.4 Å². The molecule has 1 aliphatic heterocycles. The second-order valence-corrected chi connectivity index (χ2v) is 10.4. The van der Waals surface area contributed by atoms with Gasteiger partial charge in [0.1, 0.15) is 6.33 Å². The Hall–Kier alpha value is -2.97. The molecule has 2 aliphatic rings. The van der Waals surface area contributed by atoms with Crippen LogP contribution in [-0.2, 0) is 13.5 Å². The van der Waals surface area contributed by atoms with Crippen LogP contribution in [0.2, 0.25) is 5.02 Å². The number of pyridine rings is 2. The monoisotopic (exact) mass is 480 g/mol. The fraction of sp³-hybridized carbons (Fsp3) is 0.400. The zero-order chi connectivity index (χ0) is 23.4. The lowest BCUT2D eigenvalue weighted by atomic mass is 9.56. The number of aromatic nitrogens is 4. The van der Waals surface area contributed by atoms with Crippen LogP contribution in [0.15, 0.2) is 47.8 Å². The Labute approximate surface area is 201 Å². The maximum absolute atomic E-state index is 14.2. The number of aryl methyl sites for hydroxylation is 1. The third-order valence-corrected chi connectivity index (χ3v) is 7.80. The smallest absolute Gasteiger partial charge is 0.259 e. The van der Waals surface area contributed by atoms with Crippen molar-refractivity contribution >= 4 is 33.7 Å². The molecule has 1 spiro atoms. The summed E-state index contributed by atoms with van der Waals surface area (Å²) >= 11 is 6.34. The first-order chi connectivity index (χ1) is 16.4. The zero-order valence-electron chi connectivity index (χ0n) is 19.0. The predicted molar refractivity (Wildman–Crippen MR) is 131 cm³/mol. The van der Waals surface area contributed by atoms with E-state index in [1.165, 1.54) is 30.9 Å². The SMILES string of the molecule is Cn1ccc2c(CC3CC4(C3)CN(CCNc3cc5nncn5cc3F)C4)ccc(Cl)c2c1=O. The van der Waals surface area contributed by atoms with Crippen molar-refractivity contribution < 1.29 is 4.39 Å². The maximum Gasteiger partial charge on any atom is 0.259 e. The summed E-state index contributed by atoms with van der Waals surface area (Å²) < 4.78 is 17.4. The molecule has 4 heterocycles. The molecule has 176 valence electrons. The van der Waals surface area contributed by atoms with Crippen molar-refractivity contribution in [2.75, 3.05) is 31.5 Å². The number of hydrogen-bond donors (Lipinski definition) is 1. The first kappa shape index (κ1) is 21.6. The van der Waals surface area contributed by atoms with Gasteiger partial charge in [0.25, 0.3) is 5.56 Å². The molecule has 1 saturated heterocycles. The van der Waals surface area contributed by atoms with Crippen molar-refractivity contribution in [1.82, 2.24) is 24.1 Å². The summed E-state index contributed by atoms with van der Waals surface area (Å²) in [5.74, 6) is 0.333. The molecule has 2 fully saturated rings. The number of nitrogens with zero attached hydrogens (tertiary/aromatic N) is 5. The van der Waals surface area contributed by atoms with Crippen LogP contribution in [0.1, 0.15) is 18.4 Å². The third kappa shape index (κ3) is 3.65. The van der Waals surface area contributed by atoms with Crippen LogP contribution in [-0.4, -0.2) is 50.2 Å². The van der Waals surface area contributed by atoms with Gasteiger partial charge in [-0.25, -0.2) is 4.39 Å². The Kier molecular flexibility index (Phi) is 5.11. The molecular weight excluding hydrogens is 455 g/mol. The quantitative estimate of drug-likeness (QED) is 0.455. The summed E-state index contributed by atoms with van der Waals surface area (Å²) in [5.41, 5.74) is 2.68. The normalized spacial score (nSPS) is 17.9. The van der Waals surface area contributed by atoms with E-state index in [0.717, 1.165) is 31.4 Å². The van der Waals surface area contributed by atoms with Crippen molar-refractivity contribution in [3.8, 4) is 0 Å². The van der Waals surface area contributed by atoms with Gasteiger partial charge in [-0.2, -0.15) is 0 Å². The number of anilines is 1. The second kappa shape index (κ2) is 8.06. The van der Waals surface area contributed by atoms with Crippen molar-refractivity contribution in [1.29, 1.82) is 0 Å². The highest BCUT2D eigenvalue weighted by Gasteiger charge is 2.51. The number of nitrogens with one attached hydrogen (secondary N) is 1. The minimum Gasteiger partial charge on any atom is -0.381 e. The van der Waals surface area contributed by atoms with Crippen LogP contribution in [0.4, 0.5) is 10.1 Å². The molecule has 1 aliphatic carbocycles. The molecule has 3 aromatic heterocycles. The van der Waals surface area contributed by atoms with Crippen LogP contribution < -0.4 is 10.9 Å². The molecule has 0 unspecified atom stereocenters. The van der Waals surface area contributed by atoms with Gasteiger partial charge < -0.3 is 14.8 Å². The number of benzene rings is 1. The van der Waals surface area contributed by atoms with Gasteiger partial charge in [-0.15, -0.1) is 10.2 Å². The first-order valence-electron chi connectivity index (χ1n) is 11.6. The molecule has 4 aromatic rings. The molecule has 7 nitrogen and oxygen atoms in total. The van der Waals surface area contributed by atoms with E-state index in [2.05, 4.69) is 26.5 Å². The molecular formula is C25H26ClFN6O. The van der Waals surface area contributed by atoms with Gasteiger partial charge in [-0.3, -0.25) is 9.20 Å². The Morgan fingerprint density at radius 1 is 1.26 bits per heavy atom. The van der Waals surface area contributed by atoms with Crippen molar-refractivity contribution in [2.45, 2.75) is 19.3 Å². The molecule has 0 atom stereocenters. The van der Waals surface area contributed by atoms with Gasteiger partial charge >= 0.3 is 0 Å². The van der Waals surface area contributed by atoms with Crippen molar-refractivity contribution in [3.63, 3.8) is 0 Å². The van der Waals surface area contributed by atoms with Gasteiger partial charge in [0.05, 0.1) is 16.1 Å². The van der Waals surface area contributed by atoms with E-state index in [0.29, 0.717) is 39.6 Å². The number of hydrogen-bond acceptors (Lipinski definition) is 5. The van der Waals surface area contributed by atoms with Crippen LogP contribution in [0, 0.1) is 17.2 Å². The summed E-state index contributed by atoms with van der Waals surface area (Å²) in [7, 11) is 1.75. The molecule has 1 aromatic carbocycles. The summed E-state index contributed by atoms with van der Waals surface area (Å²) in [4.78, 5) is 15.0. The molecule has 0 bridgehead atoms. The third-order valence-electron chi connectivity index (χ3n) is 7.48. The van der Waals surface area contributed by atoms with E-state index < -0.39 is 0 Å². The van der Waals surface area contributed by atoms with Crippen LogP contribution in [0.3, 0.4) is 0 Å². The average molecular weight is 481 g/mol. The fourth-order valence-electron chi connectivity index (χ4n) is 5.92. The number of rotatable bonds is 6. The number of halogens is 2. The van der Waals surface area contributed by atoms with Gasteiger partial charge in [0.15, 0.2) is 11.5 Å². The molecule has 0 amide bonds. The zero-order valence-corrected chi connectivity index (χ0v) is 19.7. The average Bonchev–Trinajstić information content (AvgIpc) is 3.21. The van der Waals surface area contributed by atoms with Crippen LogP contribution in [0.5, 0.6) is 0 Å². The highest BCUT2D eigenvalue weighted by atomic mass is 35.5. The van der Waals surface area contributed by atoms with Crippen LogP contribution in [0.25, 0.3) is 16.4 Å².